The Morgan fingerprint density at radius 1 is 1.31 bits per heavy atom. The second kappa shape index (κ2) is 4.24. The predicted octanol–water partition coefficient (Wildman–Crippen LogP) is 2.63. The van der Waals surface area contributed by atoms with Gasteiger partial charge in [0.2, 0.25) is 0 Å². The molecule has 0 bridgehead atoms. The number of hydrogen-bond donors (Lipinski definition) is 0. The third-order valence-corrected chi connectivity index (χ3v) is 2.65. The highest BCUT2D eigenvalue weighted by atomic mass is 15.2. The van der Waals surface area contributed by atoms with Gasteiger partial charge in [0, 0.05) is 18.8 Å². The van der Waals surface area contributed by atoms with Crippen LogP contribution in [0.1, 0.15) is 18.2 Å². The summed E-state index contributed by atoms with van der Waals surface area (Å²) in [5.41, 5.74) is 4.24. The molecule has 16 heavy (non-hydrogen) atoms. The zero-order valence-corrected chi connectivity index (χ0v) is 9.57. The molecule has 0 aliphatic heterocycles. The van der Waals surface area contributed by atoms with Crippen molar-refractivity contribution in [2.75, 3.05) is 0 Å². The minimum Gasteiger partial charge on any atom is -0.274 e. The fraction of sp³-hybridized carbons (Fsp3) is 0.214. The summed E-state index contributed by atoms with van der Waals surface area (Å²) in [6.07, 6.45) is 8.44. The van der Waals surface area contributed by atoms with Crippen molar-refractivity contribution in [3.05, 3.63) is 41.7 Å². The van der Waals surface area contributed by atoms with Crippen LogP contribution in [0, 0.1) is 12.3 Å². The quantitative estimate of drug-likeness (QED) is 0.697. The van der Waals surface area contributed by atoms with Gasteiger partial charge in [0.1, 0.15) is 5.69 Å². The molecule has 0 amide bonds. The van der Waals surface area contributed by atoms with Gasteiger partial charge in [0.15, 0.2) is 0 Å². The zero-order valence-electron chi connectivity index (χ0n) is 9.57. The van der Waals surface area contributed by atoms with Gasteiger partial charge in [-0.25, -0.2) is 0 Å². The summed E-state index contributed by atoms with van der Waals surface area (Å²) in [5, 5.41) is 4.26. The summed E-state index contributed by atoms with van der Waals surface area (Å²) in [6, 6.07) is 8.30. The smallest absolute Gasteiger partial charge is 0.142 e. The molecule has 0 aliphatic rings. The maximum Gasteiger partial charge on any atom is 0.142 e. The first kappa shape index (κ1) is 10.5. The summed E-state index contributed by atoms with van der Waals surface area (Å²) in [5.74, 6) is 2.63. The van der Waals surface area contributed by atoms with Crippen molar-refractivity contribution in [1.82, 2.24) is 9.78 Å². The van der Waals surface area contributed by atoms with Gasteiger partial charge in [-0.05, 0) is 23.5 Å². The van der Waals surface area contributed by atoms with Gasteiger partial charge in [0.05, 0.1) is 0 Å². The first-order valence-electron chi connectivity index (χ1n) is 5.34. The van der Waals surface area contributed by atoms with E-state index >= 15 is 0 Å². The van der Waals surface area contributed by atoms with Crippen molar-refractivity contribution in [1.29, 1.82) is 0 Å². The van der Waals surface area contributed by atoms with Crippen LogP contribution in [-0.4, -0.2) is 9.78 Å². The van der Waals surface area contributed by atoms with Gasteiger partial charge in [0.25, 0.3) is 0 Å². The van der Waals surface area contributed by atoms with Crippen molar-refractivity contribution < 1.29 is 0 Å². The van der Waals surface area contributed by atoms with E-state index in [1.807, 2.05) is 25.4 Å². The fourth-order valence-electron chi connectivity index (χ4n) is 1.88. The molecule has 1 aromatic heterocycles. The van der Waals surface area contributed by atoms with Crippen LogP contribution in [0.4, 0.5) is 0 Å². The molecular weight excluding hydrogens is 196 g/mol. The second-order valence-corrected chi connectivity index (χ2v) is 3.72. The molecular formula is C14H14N2. The molecule has 0 spiro atoms. The highest BCUT2D eigenvalue weighted by molar-refractivity contribution is 5.71. The summed E-state index contributed by atoms with van der Waals surface area (Å²) in [7, 11) is 1.89. The normalized spacial score (nSPS) is 10.1. The van der Waals surface area contributed by atoms with E-state index < -0.39 is 0 Å². The number of benzene rings is 1. The molecule has 1 aromatic carbocycles. The summed E-state index contributed by atoms with van der Waals surface area (Å²) >= 11 is 0. The number of terminal acetylenes is 1. The predicted molar refractivity (Wildman–Crippen MR) is 66.0 cm³/mol. The molecule has 0 radical (unpaired) electrons. The minimum absolute atomic E-state index is 0.711. The van der Waals surface area contributed by atoms with Gasteiger partial charge in [-0.15, -0.1) is 6.42 Å². The van der Waals surface area contributed by atoms with E-state index in [2.05, 4.69) is 30.1 Å². The molecule has 1 heterocycles. The Balaban J connectivity index is 2.63. The molecule has 0 unspecified atom stereocenters. The van der Waals surface area contributed by atoms with Gasteiger partial charge >= 0.3 is 0 Å². The maximum atomic E-state index is 5.47. The van der Waals surface area contributed by atoms with Gasteiger partial charge in [-0.2, -0.15) is 5.10 Å². The van der Waals surface area contributed by atoms with Crippen molar-refractivity contribution in [2.24, 2.45) is 7.05 Å². The van der Waals surface area contributed by atoms with E-state index in [1.54, 1.807) is 4.68 Å². The monoisotopic (exact) mass is 210 g/mol. The average Bonchev–Trinajstić information content (AvgIpc) is 2.70. The van der Waals surface area contributed by atoms with Gasteiger partial charge < -0.3 is 0 Å². The summed E-state index contributed by atoms with van der Waals surface area (Å²) in [6.45, 7) is 2.14. The Kier molecular flexibility index (Phi) is 2.78. The molecule has 2 nitrogen and oxygen atoms in total. The molecule has 0 atom stereocenters. The topological polar surface area (TPSA) is 17.8 Å². The lowest BCUT2D eigenvalue weighted by Crippen LogP contribution is -1.88. The van der Waals surface area contributed by atoms with Crippen LogP contribution >= 0.6 is 0 Å². The van der Waals surface area contributed by atoms with Crippen molar-refractivity contribution in [3.8, 4) is 23.5 Å². The third-order valence-electron chi connectivity index (χ3n) is 2.65. The van der Waals surface area contributed by atoms with Crippen LogP contribution in [0.2, 0.25) is 0 Å². The highest BCUT2D eigenvalue weighted by Gasteiger charge is 2.10. The summed E-state index contributed by atoms with van der Waals surface area (Å²) in [4.78, 5) is 0. The van der Waals surface area contributed by atoms with E-state index in [1.165, 1.54) is 11.1 Å². The fourth-order valence-corrected chi connectivity index (χ4v) is 1.88. The molecule has 2 rings (SSSR count). The highest BCUT2D eigenvalue weighted by Crippen LogP contribution is 2.26. The molecule has 0 fully saturated rings. The van der Waals surface area contributed by atoms with Crippen LogP contribution < -0.4 is 0 Å². The van der Waals surface area contributed by atoms with Gasteiger partial charge in [-0.1, -0.05) is 31.2 Å². The average molecular weight is 210 g/mol. The van der Waals surface area contributed by atoms with Crippen LogP contribution in [-0.2, 0) is 13.5 Å². The number of hydrogen-bond acceptors (Lipinski definition) is 1. The van der Waals surface area contributed by atoms with E-state index in [-0.39, 0.29) is 0 Å². The molecule has 2 aromatic rings. The molecule has 0 saturated carbocycles. The zero-order chi connectivity index (χ0) is 11.5. The second-order valence-electron chi connectivity index (χ2n) is 3.72. The largest absolute Gasteiger partial charge is 0.274 e. The third kappa shape index (κ3) is 1.72. The Morgan fingerprint density at radius 3 is 2.75 bits per heavy atom. The number of aromatic nitrogens is 2. The molecule has 0 saturated heterocycles. The van der Waals surface area contributed by atoms with E-state index in [9.17, 15) is 0 Å². The Labute approximate surface area is 95.9 Å². The maximum absolute atomic E-state index is 5.47. The van der Waals surface area contributed by atoms with Crippen LogP contribution in [0.25, 0.3) is 11.1 Å². The Morgan fingerprint density at radius 2 is 2.06 bits per heavy atom. The number of aryl methyl sites for hydroxylation is 2. The molecule has 0 aliphatic carbocycles. The van der Waals surface area contributed by atoms with Crippen molar-refractivity contribution in [2.45, 2.75) is 13.3 Å². The Bertz CT molecular complexity index is 544. The van der Waals surface area contributed by atoms with Crippen LogP contribution in [0.3, 0.4) is 0 Å². The first-order chi connectivity index (χ1) is 7.76. The minimum atomic E-state index is 0.711. The lowest BCUT2D eigenvalue weighted by Gasteiger charge is -2.05. The lowest BCUT2D eigenvalue weighted by atomic mass is 9.99. The van der Waals surface area contributed by atoms with E-state index in [4.69, 9.17) is 6.42 Å². The van der Waals surface area contributed by atoms with Crippen molar-refractivity contribution in [3.63, 3.8) is 0 Å². The van der Waals surface area contributed by atoms with Crippen LogP contribution in [0.5, 0.6) is 0 Å². The molecule has 0 N–H and O–H groups in total. The van der Waals surface area contributed by atoms with E-state index in [0.29, 0.717) is 5.69 Å². The lowest BCUT2D eigenvalue weighted by molar-refractivity contribution is 0.764. The summed E-state index contributed by atoms with van der Waals surface area (Å²) < 4.78 is 1.76. The molecule has 80 valence electrons. The van der Waals surface area contributed by atoms with Gasteiger partial charge in [-0.3, -0.25) is 4.68 Å². The SMILES string of the molecule is C#Cc1nn(C)cc1-c1ccccc1CC. The van der Waals surface area contributed by atoms with E-state index in [0.717, 1.165) is 12.0 Å². The Hall–Kier alpha value is -2.01. The number of nitrogens with zero attached hydrogens (tertiary/aromatic N) is 2. The number of rotatable bonds is 2. The standard InChI is InChI=1S/C14H14N2/c1-4-11-8-6-7-9-12(11)13-10-16(3)15-14(13)5-2/h2,6-10H,4H2,1,3H3. The van der Waals surface area contributed by atoms with Crippen LogP contribution in [0.15, 0.2) is 30.5 Å². The van der Waals surface area contributed by atoms with Crippen molar-refractivity contribution >= 4 is 0 Å². The first-order valence-corrected chi connectivity index (χ1v) is 5.34. The molecule has 2 heteroatoms.